The molecule has 1 N–H and O–H groups in total. The molecule has 16 heavy (non-hydrogen) atoms. The van der Waals surface area contributed by atoms with E-state index in [4.69, 9.17) is 5.11 Å². The molecular weight excluding hydrogens is 202 g/mol. The molecule has 0 aromatic rings. The van der Waals surface area contributed by atoms with Gasteiger partial charge >= 0.3 is 5.97 Å². The summed E-state index contributed by atoms with van der Waals surface area (Å²) >= 11 is 0. The Hall–Kier alpha value is -0.570. The van der Waals surface area contributed by atoms with Crippen LogP contribution in [0.15, 0.2) is 0 Å². The van der Waals surface area contributed by atoms with Crippen molar-refractivity contribution in [2.24, 2.45) is 17.8 Å². The van der Waals surface area contributed by atoms with Crippen molar-refractivity contribution >= 4 is 5.97 Å². The fourth-order valence-corrected chi connectivity index (χ4v) is 3.04. The van der Waals surface area contributed by atoms with Gasteiger partial charge in [0.05, 0.1) is 5.92 Å². The van der Waals surface area contributed by atoms with Crippen molar-refractivity contribution in [3.05, 3.63) is 0 Å². The Morgan fingerprint density at radius 2 is 1.94 bits per heavy atom. The monoisotopic (exact) mass is 225 g/mol. The molecule has 3 heteroatoms. The number of carbonyl (C=O) groups is 1. The second kappa shape index (κ2) is 5.17. The minimum atomic E-state index is -0.601. The van der Waals surface area contributed by atoms with E-state index in [1.54, 1.807) is 0 Å². The molecule has 2 aliphatic carbocycles. The molecule has 3 nitrogen and oxygen atoms in total. The third kappa shape index (κ3) is 3.21. The van der Waals surface area contributed by atoms with E-state index < -0.39 is 5.97 Å². The third-order valence-electron chi connectivity index (χ3n) is 4.08. The van der Waals surface area contributed by atoms with Gasteiger partial charge in [-0.05, 0) is 38.1 Å². The summed E-state index contributed by atoms with van der Waals surface area (Å²) in [5.41, 5.74) is 0. The number of hydrogen-bond donors (Lipinski definition) is 1. The van der Waals surface area contributed by atoms with E-state index in [0.29, 0.717) is 5.92 Å². The molecule has 2 rings (SSSR count). The van der Waals surface area contributed by atoms with Crippen LogP contribution in [0.1, 0.15) is 38.5 Å². The first kappa shape index (κ1) is 11.9. The Bertz CT molecular complexity index is 248. The van der Waals surface area contributed by atoms with Crippen molar-refractivity contribution in [1.82, 2.24) is 4.90 Å². The van der Waals surface area contributed by atoms with Crippen LogP contribution >= 0.6 is 0 Å². The van der Waals surface area contributed by atoms with Crippen LogP contribution in [0.3, 0.4) is 0 Å². The maximum Gasteiger partial charge on any atom is 0.306 e. The summed E-state index contributed by atoms with van der Waals surface area (Å²) < 4.78 is 0. The summed E-state index contributed by atoms with van der Waals surface area (Å²) in [5, 5.41) is 8.84. The molecule has 0 aromatic carbocycles. The molecule has 92 valence electrons. The van der Waals surface area contributed by atoms with Crippen LogP contribution in [0.4, 0.5) is 0 Å². The standard InChI is InChI=1S/C13H23NO2/c1-14(8-10-5-3-2-4-6-10)9-11-7-12(11)13(15)16/h10-12H,2-9H2,1H3,(H,15,16). The second-order valence-corrected chi connectivity index (χ2v) is 5.67. The highest BCUT2D eigenvalue weighted by Crippen LogP contribution is 2.39. The molecule has 2 unspecified atom stereocenters. The lowest BCUT2D eigenvalue weighted by molar-refractivity contribution is -0.138. The van der Waals surface area contributed by atoms with E-state index >= 15 is 0 Å². The Kier molecular flexibility index (Phi) is 3.85. The molecule has 2 aliphatic rings. The van der Waals surface area contributed by atoms with Crippen LogP contribution in [0, 0.1) is 17.8 Å². The minimum Gasteiger partial charge on any atom is -0.481 e. The summed E-state index contributed by atoms with van der Waals surface area (Å²) in [6, 6.07) is 0. The first-order valence-corrected chi connectivity index (χ1v) is 6.58. The van der Waals surface area contributed by atoms with Gasteiger partial charge in [0.2, 0.25) is 0 Å². The van der Waals surface area contributed by atoms with Crippen molar-refractivity contribution in [2.75, 3.05) is 20.1 Å². The van der Waals surface area contributed by atoms with Gasteiger partial charge in [-0.25, -0.2) is 0 Å². The Labute approximate surface area is 97.8 Å². The Morgan fingerprint density at radius 1 is 1.25 bits per heavy atom. The summed E-state index contributed by atoms with van der Waals surface area (Å²) in [4.78, 5) is 13.1. The Balaban J connectivity index is 1.64. The van der Waals surface area contributed by atoms with E-state index in [2.05, 4.69) is 11.9 Å². The Morgan fingerprint density at radius 3 is 2.50 bits per heavy atom. The molecule has 0 radical (unpaired) electrons. The van der Waals surface area contributed by atoms with Gasteiger partial charge in [-0.3, -0.25) is 4.79 Å². The van der Waals surface area contributed by atoms with Crippen molar-refractivity contribution < 1.29 is 9.90 Å². The lowest BCUT2D eigenvalue weighted by Gasteiger charge is -2.27. The van der Waals surface area contributed by atoms with Crippen LogP contribution in [0.2, 0.25) is 0 Å². The molecule has 2 saturated carbocycles. The molecule has 0 saturated heterocycles. The van der Waals surface area contributed by atoms with Crippen molar-refractivity contribution in [3.8, 4) is 0 Å². The van der Waals surface area contributed by atoms with Crippen LogP contribution < -0.4 is 0 Å². The average molecular weight is 225 g/mol. The first-order valence-electron chi connectivity index (χ1n) is 6.58. The molecule has 0 aromatic heterocycles. The van der Waals surface area contributed by atoms with E-state index in [9.17, 15) is 4.79 Å². The lowest BCUT2D eigenvalue weighted by atomic mass is 9.89. The number of nitrogens with zero attached hydrogens (tertiary/aromatic N) is 1. The van der Waals surface area contributed by atoms with Crippen LogP contribution in [-0.2, 0) is 4.79 Å². The fourth-order valence-electron chi connectivity index (χ4n) is 3.04. The molecule has 0 spiro atoms. The zero-order valence-corrected chi connectivity index (χ0v) is 10.2. The topological polar surface area (TPSA) is 40.5 Å². The molecule has 2 fully saturated rings. The lowest BCUT2D eigenvalue weighted by Crippen LogP contribution is -2.29. The second-order valence-electron chi connectivity index (χ2n) is 5.67. The minimum absolute atomic E-state index is 0.0474. The van der Waals surface area contributed by atoms with Crippen LogP contribution in [-0.4, -0.2) is 36.1 Å². The largest absolute Gasteiger partial charge is 0.481 e. The maximum absolute atomic E-state index is 10.7. The van der Waals surface area contributed by atoms with Gasteiger partial charge in [-0.2, -0.15) is 0 Å². The number of aliphatic carboxylic acids is 1. The van der Waals surface area contributed by atoms with E-state index in [-0.39, 0.29) is 5.92 Å². The third-order valence-corrected chi connectivity index (χ3v) is 4.08. The number of hydrogen-bond acceptors (Lipinski definition) is 2. The van der Waals surface area contributed by atoms with Gasteiger partial charge in [0.25, 0.3) is 0 Å². The predicted octanol–water partition coefficient (Wildman–Crippen LogP) is 2.22. The molecule has 0 heterocycles. The van der Waals surface area contributed by atoms with Gasteiger partial charge in [-0.1, -0.05) is 19.3 Å². The van der Waals surface area contributed by atoms with Crippen LogP contribution in [0.5, 0.6) is 0 Å². The number of carboxylic acids is 1. The van der Waals surface area contributed by atoms with Gasteiger partial charge < -0.3 is 10.0 Å². The number of rotatable bonds is 5. The molecule has 0 amide bonds. The molecule has 0 bridgehead atoms. The average Bonchev–Trinajstić information content (AvgIpc) is 2.98. The molecule has 0 aliphatic heterocycles. The quantitative estimate of drug-likeness (QED) is 0.780. The summed E-state index contributed by atoms with van der Waals surface area (Å²) in [7, 11) is 2.14. The van der Waals surface area contributed by atoms with Crippen molar-refractivity contribution in [3.63, 3.8) is 0 Å². The van der Waals surface area contributed by atoms with Gasteiger partial charge in [0.1, 0.15) is 0 Å². The van der Waals surface area contributed by atoms with E-state index in [1.165, 1.54) is 38.6 Å². The van der Waals surface area contributed by atoms with E-state index in [1.807, 2.05) is 0 Å². The molecular formula is C13H23NO2. The van der Waals surface area contributed by atoms with Crippen molar-refractivity contribution in [2.45, 2.75) is 38.5 Å². The van der Waals surface area contributed by atoms with Crippen LogP contribution in [0.25, 0.3) is 0 Å². The number of carboxylic acid groups (broad SMARTS) is 1. The van der Waals surface area contributed by atoms with Gasteiger partial charge in [-0.15, -0.1) is 0 Å². The molecule has 2 atom stereocenters. The van der Waals surface area contributed by atoms with Crippen molar-refractivity contribution in [1.29, 1.82) is 0 Å². The summed E-state index contributed by atoms with van der Waals surface area (Å²) in [6.45, 7) is 2.15. The SMILES string of the molecule is CN(CC1CCCCC1)CC1CC1C(=O)O. The zero-order valence-electron chi connectivity index (χ0n) is 10.2. The first-order chi connectivity index (χ1) is 7.66. The highest BCUT2D eigenvalue weighted by molar-refractivity contribution is 5.73. The van der Waals surface area contributed by atoms with Gasteiger partial charge in [0, 0.05) is 13.1 Å². The smallest absolute Gasteiger partial charge is 0.306 e. The zero-order chi connectivity index (χ0) is 11.5. The highest BCUT2D eigenvalue weighted by Gasteiger charge is 2.43. The van der Waals surface area contributed by atoms with E-state index in [0.717, 1.165) is 18.9 Å². The summed E-state index contributed by atoms with van der Waals surface area (Å²) in [5.74, 6) is 0.636. The van der Waals surface area contributed by atoms with Gasteiger partial charge in [0.15, 0.2) is 0 Å². The maximum atomic E-state index is 10.7. The summed E-state index contributed by atoms with van der Waals surface area (Å²) in [6.07, 6.45) is 7.82. The normalized spacial score (nSPS) is 30.6. The predicted molar refractivity (Wildman–Crippen MR) is 63.3 cm³/mol. The highest BCUT2D eigenvalue weighted by atomic mass is 16.4. The fraction of sp³-hybridized carbons (Fsp3) is 0.923.